The van der Waals surface area contributed by atoms with Gasteiger partial charge in [-0.05, 0) is 13.3 Å². The van der Waals surface area contributed by atoms with E-state index in [-0.39, 0.29) is 40.8 Å². The number of carboxylic acids is 1. The van der Waals surface area contributed by atoms with Crippen molar-refractivity contribution in [3.63, 3.8) is 0 Å². The highest BCUT2D eigenvalue weighted by atomic mass is 32.2. The fourth-order valence-electron chi connectivity index (χ4n) is 4.15. The van der Waals surface area contributed by atoms with E-state index in [2.05, 4.69) is 5.32 Å². The van der Waals surface area contributed by atoms with Crippen molar-refractivity contribution in [2.24, 2.45) is 11.8 Å². The molecule has 3 N–H and O–H groups in total. The summed E-state index contributed by atoms with van der Waals surface area (Å²) in [5.74, 6) is -2.14. The topological polar surface area (TPSA) is 110 Å². The van der Waals surface area contributed by atoms with Crippen LogP contribution in [0.25, 0.3) is 0 Å². The molecule has 6 atom stereocenters. The molecule has 0 aromatic carbocycles. The van der Waals surface area contributed by atoms with Crippen LogP contribution in [0.15, 0.2) is 10.6 Å². The fraction of sp³-hybridized carbons (Fsp3) is 0.706. The maximum absolute atomic E-state index is 12.3. The van der Waals surface area contributed by atoms with Gasteiger partial charge < -0.3 is 25.3 Å². The normalized spacial score (nSPS) is 34.6. The number of β-lactam (4-membered cyclic amide) rings is 1. The zero-order chi connectivity index (χ0) is 19.3. The smallest absolute Gasteiger partial charge is 0.353 e. The number of amides is 2. The summed E-state index contributed by atoms with van der Waals surface area (Å²) in [4.78, 5) is 39.8. The van der Waals surface area contributed by atoms with Crippen molar-refractivity contribution in [3.8, 4) is 0 Å². The molecule has 0 aliphatic carbocycles. The van der Waals surface area contributed by atoms with Crippen LogP contribution in [0.3, 0.4) is 0 Å². The predicted octanol–water partition coefficient (Wildman–Crippen LogP) is -0.308. The van der Waals surface area contributed by atoms with Gasteiger partial charge in [0.05, 0.1) is 24.1 Å². The Hall–Kier alpha value is -1.58. The molecule has 0 radical (unpaired) electrons. The van der Waals surface area contributed by atoms with Gasteiger partial charge in [-0.2, -0.15) is 0 Å². The highest BCUT2D eigenvalue weighted by Gasteiger charge is 2.60. The van der Waals surface area contributed by atoms with Crippen molar-refractivity contribution < 1.29 is 24.6 Å². The molecule has 0 unspecified atom stereocenters. The van der Waals surface area contributed by atoms with E-state index in [1.165, 1.54) is 16.7 Å². The van der Waals surface area contributed by atoms with Gasteiger partial charge in [0.15, 0.2) is 0 Å². The van der Waals surface area contributed by atoms with Crippen LogP contribution in [-0.2, 0) is 14.4 Å². The molecule has 9 heteroatoms. The zero-order valence-corrected chi connectivity index (χ0v) is 16.1. The second-order valence-electron chi connectivity index (χ2n) is 7.44. The van der Waals surface area contributed by atoms with Crippen molar-refractivity contribution in [2.45, 2.75) is 43.7 Å². The number of carboxylic acid groups (broad SMARTS) is 1. The third-order valence-electron chi connectivity index (χ3n) is 5.43. The largest absolute Gasteiger partial charge is 0.477 e. The lowest BCUT2D eigenvalue weighted by atomic mass is 9.79. The van der Waals surface area contributed by atoms with E-state index in [9.17, 15) is 24.6 Å². The molecular weight excluding hydrogens is 362 g/mol. The number of aliphatic carboxylic acids is 1. The van der Waals surface area contributed by atoms with Gasteiger partial charge in [-0.25, -0.2) is 4.79 Å². The molecule has 3 aliphatic rings. The van der Waals surface area contributed by atoms with E-state index in [1.54, 1.807) is 25.9 Å². The Balaban J connectivity index is 1.78. The third-order valence-corrected chi connectivity index (χ3v) is 6.95. The third kappa shape index (κ3) is 2.91. The summed E-state index contributed by atoms with van der Waals surface area (Å²) in [5, 5.41) is 22.8. The van der Waals surface area contributed by atoms with Gasteiger partial charge in [0.1, 0.15) is 5.70 Å². The first-order chi connectivity index (χ1) is 12.1. The van der Waals surface area contributed by atoms with Gasteiger partial charge in [0.2, 0.25) is 11.8 Å². The van der Waals surface area contributed by atoms with Crippen LogP contribution in [0.2, 0.25) is 0 Å². The van der Waals surface area contributed by atoms with Crippen LogP contribution in [0.4, 0.5) is 0 Å². The fourth-order valence-corrected chi connectivity index (χ4v) is 5.63. The van der Waals surface area contributed by atoms with Gasteiger partial charge in [-0.3, -0.25) is 9.59 Å². The molecule has 3 aliphatic heterocycles. The van der Waals surface area contributed by atoms with Gasteiger partial charge in [-0.15, -0.1) is 11.8 Å². The minimum atomic E-state index is -1.12. The van der Waals surface area contributed by atoms with Crippen molar-refractivity contribution in [1.29, 1.82) is 0 Å². The van der Waals surface area contributed by atoms with E-state index in [0.717, 1.165) is 0 Å². The van der Waals surface area contributed by atoms with Crippen LogP contribution in [0.5, 0.6) is 0 Å². The first-order valence-electron chi connectivity index (χ1n) is 8.75. The Morgan fingerprint density at radius 1 is 1.42 bits per heavy atom. The summed E-state index contributed by atoms with van der Waals surface area (Å²) in [6.07, 6.45) is -0.190. The van der Waals surface area contributed by atoms with Gasteiger partial charge in [-0.1, -0.05) is 6.92 Å². The first kappa shape index (κ1) is 19.2. The Labute approximate surface area is 156 Å². The lowest BCUT2D eigenvalue weighted by Gasteiger charge is -2.46. The summed E-state index contributed by atoms with van der Waals surface area (Å²) in [5.41, 5.74) is 0.0387. The number of hydrogen-bond acceptors (Lipinski definition) is 6. The molecule has 26 heavy (non-hydrogen) atoms. The number of aliphatic hydroxyl groups excluding tert-OH is 1. The quantitative estimate of drug-likeness (QED) is 0.555. The monoisotopic (exact) mass is 387 g/mol. The maximum atomic E-state index is 12.3. The molecule has 3 heterocycles. The molecule has 0 saturated carbocycles. The molecule has 0 spiro atoms. The lowest BCUT2D eigenvalue weighted by Crippen LogP contribution is -2.63. The molecule has 0 aromatic rings. The SMILES string of the molecule is C[C@@H](O)[C@H]1C(=O)N2C(C(=O)O)=C(S[C@@H]3CN[C@H](C(=O)N([14CH3])[14CH3])C3)[C@H](C)[C@H]12. The van der Waals surface area contributed by atoms with E-state index in [4.69, 9.17) is 0 Å². The van der Waals surface area contributed by atoms with E-state index >= 15 is 0 Å². The van der Waals surface area contributed by atoms with Crippen LogP contribution in [-0.4, -0.2) is 81.9 Å². The second-order valence-corrected chi connectivity index (χ2v) is 8.78. The number of nitrogens with one attached hydrogen (secondary N) is 1. The van der Waals surface area contributed by atoms with E-state index in [1.807, 2.05) is 6.92 Å². The van der Waals surface area contributed by atoms with Gasteiger partial charge in [0, 0.05) is 36.7 Å². The second kappa shape index (κ2) is 6.86. The van der Waals surface area contributed by atoms with Crippen molar-refractivity contribution in [2.75, 3.05) is 20.6 Å². The number of aliphatic hydroxyl groups is 1. The van der Waals surface area contributed by atoms with E-state index < -0.39 is 18.0 Å². The molecule has 2 fully saturated rings. The van der Waals surface area contributed by atoms with Crippen molar-refractivity contribution in [3.05, 3.63) is 10.6 Å². The highest BCUT2D eigenvalue weighted by molar-refractivity contribution is 8.03. The Morgan fingerprint density at radius 3 is 2.62 bits per heavy atom. The minimum absolute atomic E-state index is 0.00757. The van der Waals surface area contributed by atoms with Gasteiger partial charge >= 0.3 is 5.97 Å². The highest BCUT2D eigenvalue weighted by Crippen LogP contribution is 2.51. The molecule has 0 aromatic heterocycles. The standard InChI is InChI=1S/C17H25N3O5S/c1-7-12-11(8(2)21)16(23)20(12)13(17(24)25)14(7)26-9-5-10(18-6-9)15(22)19(3)4/h7-12,18,21H,5-6H2,1-4H3,(H,24,25)/t7-,8-,9+,10+,11-,12-/m1/s1/i3+2,4+2. The number of thioether (sulfide) groups is 1. The molecule has 8 nitrogen and oxygen atoms in total. The van der Waals surface area contributed by atoms with Crippen LogP contribution in [0, 0.1) is 11.8 Å². The zero-order valence-electron chi connectivity index (χ0n) is 15.3. The lowest BCUT2D eigenvalue weighted by molar-refractivity contribution is -0.163. The van der Waals surface area contributed by atoms with E-state index in [0.29, 0.717) is 17.9 Å². The summed E-state index contributed by atoms with van der Waals surface area (Å²) >= 11 is 1.45. The molecule has 0 bridgehead atoms. The number of nitrogens with zero attached hydrogens (tertiary/aromatic N) is 2. The molecule has 2 amide bonds. The number of fused-ring (bicyclic) bond motifs is 1. The number of carbonyl (C=O) groups is 3. The molecule has 3 rings (SSSR count). The van der Waals surface area contributed by atoms with Crippen LogP contribution >= 0.6 is 11.8 Å². The number of carbonyl (C=O) groups excluding carboxylic acids is 2. The Morgan fingerprint density at radius 2 is 2.08 bits per heavy atom. The molecular formula is C17H25N3O5S. The predicted molar refractivity (Wildman–Crippen MR) is 96.1 cm³/mol. The first-order valence-corrected chi connectivity index (χ1v) is 9.62. The summed E-state index contributed by atoms with van der Waals surface area (Å²) in [7, 11) is 3.42. The average molecular weight is 387 g/mol. The Bertz CT molecular complexity index is 677. The molecule has 144 valence electrons. The van der Waals surface area contributed by atoms with Crippen molar-refractivity contribution in [1.82, 2.24) is 15.1 Å². The maximum Gasteiger partial charge on any atom is 0.353 e. The van der Waals surface area contributed by atoms with Crippen LogP contribution in [0.1, 0.15) is 20.3 Å². The van der Waals surface area contributed by atoms with Gasteiger partial charge in [0.25, 0.3) is 0 Å². The van der Waals surface area contributed by atoms with Crippen molar-refractivity contribution >= 4 is 29.5 Å². The Kier molecular flexibility index (Phi) is 5.06. The minimum Gasteiger partial charge on any atom is -0.477 e. The number of hydrogen-bond donors (Lipinski definition) is 3. The number of rotatable bonds is 5. The number of likely N-dealkylation sites (N-methyl/N-ethyl adjacent to an activating group) is 1. The summed E-state index contributed by atoms with van der Waals surface area (Å²) in [6, 6.07) is -0.568. The average Bonchev–Trinajstić information content (AvgIpc) is 3.09. The molecule has 2 saturated heterocycles. The van der Waals surface area contributed by atoms with Crippen LogP contribution < -0.4 is 5.32 Å². The summed E-state index contributed by atoms with van der Waals surface area (Å²) in [6.45, 7) is 4.08. The summed E-state index contributed by atoms with van der Waals surface area (Å²) < 4.78 is 0.